The van der Waals surface area contributed by atoms with Gasteiger partial charge in [0.1, 0.15) is 6.04 Å². The normalized spacial score (nSPS) is 16.1. The summed E-state index contributed by atoms with van der Waals surface area (Å²) < 4.78 is 0. The number of carbonyl (C=O) groups is 2. The Labute approximate surface area is 137 Å². The van der Waals surface area contributed by atoms with E-state index in [0.717, 1.165) is 24.2 Å². The molecule has 1 aliphatic heterocycles. The zero-order valence-corrected chi connectivity index (χ0v) is 13.9. The van der Waals surface area contributed by atoms with E-state index in [9.17, 15) is 9.59 Å². The van der Waals surface area contributed by atoms with Gasteiger partial charge in [-0.2, -0.15) is 5.26 Å². The number of anilines is 1. The highest BCUT2D eigenvalue weighted by atomic mass is 16.2. The molecule has 0 spiro atoms. The smallest absolute Gasteiger partial charge is 0.227 e. The van der Waals surface area contributed by atoms with E-state index in [-0.39, 0.29) is 23.7 Å². The number of nitrogens with one attached hydrogen (secondary N) is 1. The average Bonchev–Trinajstić information content (AvgIpc) is 2.90. The highest BCUT2D eigenvalue weighted by molar-refractivity contribution is 5.95. The summed E-state index contributed by atoms with van der Waals surface area (Å²) in [5, 5.41) is 11.9. The molecule has 1 saturated heterocycles. The van der Waals surface area contributed by atoms with Crippen molar-refractivity contribution in [2.75, 3.05) is 11.4 Å². The summed E-state index contributed by atoms with van der Waals surface area (Å²) >= 11 is 0. The predicted molar refractivity (Wildman–Crippen MR) is 88.7 cm³/mol. The van der Waals surface area contributed by atoms with Crippen molar-refractivity contribution in [2.24, 2.45) is 5.41 Å². The first-order chi connectivity index (χ1) is 10.8. The Morgan fingerprint density at radius 1 is 1.35 bits per heavy atom. The molecule has 1 unspecified atom stereocenters. The van der Waals surface area contributed by atoms with Gasteiger partial charge in [0.15, 0.2) is 0 Å². The molecule has 0 bridgehead atoms. The van der Waals surface area contributed by atoms with E-state index >= 15 is 0 Å². The van der Waals surface area contributed by atoms with Gasteiger partial charge in [-0.1, -0.05) is 32.9 Å². The maximum absolute atomic E-state index is 12.1. The second-order valence-corrected chi connectivity index (χ2v) is 6.99. The molecule has 0 radical (unpaired) electrons. The number of amides is 2. The van der Waals surface area contributed by atoms with Crippen LogP contribution >= 0.6 is 0 Å². The molecule has 1 fully saturated rings. The largest absolute Gasteiger partial charge is 0.340 e. The lowest BCUT2D eigenvalue weighted by Gasteiger charge is -2.25. The zero-order chi connectivity index (χ0) is 17.0. The van der Waals surface area contributed by atoms with Gasteiger partial charge in [0, 0.05) is 18.7 Å². The molecule has 2 amide bonds. The van der Waals surface area contributed by atoms with Crippen LogP contribution in [0.15, 0.2) is 24.3 Å². The number of benzene rings is 1. The third-order valence-electron chi connectivity index (χ3n) is 3.99. The Bertz CT molecular complexity index is 623. The monoisotopic (exact) mass is 313 g/mol. The van der Waals surface area contributed by atoms with Gasteiger partial charge in [-0.05, 0) is 29.5 Å². The van der Waals surface area contributed by atoms with Crippen LogP contribution in [0.5, 0.6) is 0 Å². The fraction of sp³-hybridized carbons (Fsp3) is 0.500. The number of nitrogens with zero attached hydrogens (tertiary/aromatic N) is 2. The summed E-state index contributed by atoms with van der Waals surface area (Å²) in [7, 11) is 0. The van der Waals surface area contributed by atoms with Gasteiger partial charge in [-0.15, -0.1) is 0 Å². The fourth-order valence-electron chi connectivity index (χ4n) is 2.55. The number of hydrogen-bond acceptors (Lipinski definition) is 3. The molecule has 5 nitrogen and oxygen atoms in total. The minimum absolute atomic E-state index is 0.150. The maximum atomic E-state index is 12.1. The summed E-state index contributed by atoms with van der Waals surface area (Å²) in [5.74, 6) is -0.0194. The van der Waals surface area contributed by atoms with Crippen LogP contribution in [0.3, 0.4) is 0 Å². The lowest BCUT2D eigenvalue weighted by atomic mass is 9.87. The summed E-state index contributed by atoms with van der Waals surface area (Å²) in [6, 6.07) is 9.08. The second-order valence-electron chi connectivity index (χ2n) is 6.99. The first-order valence-electron chi connectivity index (χ1n) is 7.89. The van der Waals surface area contributed by atoms with Crippen LogP contribution in [0.25, 0.3) is 0 Å². The highest BCUT2D eigenvalue weighted by Crippen LogP contribution is 2.22. The van der Waals surface area contributed by atoms with Crippen molar-refractivity contribution >= 4 is 17.5 Å². The van der Waals surface area contributed by atoms with Gasteiger partial charge in [0.05, 0.1) is 12.5 Å². The van der Waals surface area contributed by atoms with E-state index < -0.39 is 6.04 Å². The molecule has 1 atom stereocenters. The molecule has 1 heterocycles. The molecule has 5 heteroatoms. The Balaban J connectivity index is 1.97. The van der Waals surface area contributed by atoms with E-state index in [0.29, 0.717) is 6.42 Å². The van der Waals surface area contributed by atoms with Crippen molar-refractivity contribution < 1.29 is 9.59 Å². The average molecular weight is 313 g/mol. The van der Waals surface area contributed by atoms with Crippen molar-refractivity contribution in [3.05, 3.63) is 29.8 Å². The lowest BCUT2D eigenvalue weighted by molar-refractivity contribution is -0.121. The van der Waals surface area contributed by atoms with Gasteiger partial charge < -0.3 is 10.2 Å². The van der Waals surface area contributed by atoms with E-state index in [1.807, 2.05) is 45.0 Å². The molecule has 0 aromatic heterocycles. The van der Waals surface area contributed by atoms with Gasteiger partial charge >= 0.3 is 0 Å². The topological polar surface area (TPSA) is 73.2 Å². The number of rotatable bonds is 4. The first-order valence-corrected chi connectivity index (χ1v) is 7.89. The SMILES string of the molecule is CC(C)(C)C(C#N)NC(=O)Cc1ccc(N2CCCC2=O)cc1. The van der Waals surface area contributed by atoms with Gasteiger partial charge in [-0.3, -0.25) is 9.59 Å². The van der Waals surface area contributed by atoms with E-state index in [1.165, 1.54) is 0 Å². The van der Waals surface area contributed by atoms with Crippen LogP contribution in [0.4, 0.5) is 5.69 Å². The lowest BCUT2D eigenvalue weighted by Crippen LogP contribution is -2.43. The van der Waals surface area contributed by atoms with Crippen LogP contribution in [-0.2, 0) is 16.0 Å². The van der Waals surface area contributed by atoms with Crippen LogP contribution in [-0.4, -0.2) is 24.4 Å². The summed E-state index contributed by atoms with van der Waals surface area (Å²) in [6.45, 7) is 6.52. The molecule has 122 valence electrons. The van der Waals surface area contributed by atoms with Crippen molar-refractivity contribution in [2.45, 2.75) is 46.1 Å². The zero-order valence-electron chi connectivity index (χ0n) is 13.9. The van der Waals surface area contributed by atoms with Crippen LogP contribution in [0, 0.1) is 16.7 Å². The Kier molecular flexibility index (Phi) is 5.05. The molecule has 0 aliphatic carbocycles. The van der Waals surface area contributed by atoms with Crippen molar-refractivity contribution in [3.8, 4) is 6.07 Å². The third-order valence-corrected chi connectivity index (χ3v) is 3.99. The van der Waals surface area contributed by atoms with E-state index in [2.05, 4.69) is 11.4 Å². The number of carbonyl (C=O) groups excluding carboxylic acids is 2. The molecule has 2 rings (SSSR count). The number of nitriles is 1. The highest BCUT2D eigenvalue weighted by Gasteiger charge is 2.26. The molecular weight excluding hydrogens is 290 g/mol. The molecule has 23 heavy (non-hydrogen) atoms. The van der Waals surface area contributed by atoms with E-state index in [4.69, 9.17) is 5.26 Å². The number of hydrogen-bond donors (Lipinski definition) is 1. The Hall–Kier alpha value is -2.35. The molecule has 1 aromatic rings. The molecule has 1 aromatic carbocycles. The minimum atomic E-state index is -0.517. The van der Waals surface area contributed by atoms with Gasteiger partial charge in [0.25, 0.3) is 0 Å². The summed E-state index contributed by atoms with van der Waals surface area (Å²) in [4.78, 5) is 25.6. The van der Waals surface area contributed by atoms with Crippen LogP contribution < -0.4 is 10.2 Å². The molecule has 0 saturated carbocycles. The first kappa shape index (κ1) is 17.0. The van der Waals surface area contributed by atoms with E-state index in [1.54, 1.807) is 4.90 Å². The van der Waals surface area contributed by atoms with Crippen LogP contribution in [0.1, 0.15) is 39.2 Å². The maximum Gasteiger partial charge on any atom is 0.227 e. The van der Waals surface area contributed by atoms with Crippen LogP contribution in [0.2, 0.25) is 0 Å². The summed E-state index contributed by atoms with van der Waals surface area (Å²) in [6.07, 6.45) is 1.72. The van der Waals surface area contributed by atoms with Crippen molar-refractivity contribution in [3.63, 3.8) is 0 Å². The quantitative estimate of drug-likeness (QED) is 0.927. The fourth-order valence-corrected chi connectivity index (χ4v) is 2.55. The predicted octanol–water partition coefficient (Wildman–Crippen LogP) is 2.41. The Morgan fingerprint density at radius 3 is 2.48 bits per heavy atom. The second kappa shape index (κ2) is 6.82. The van der Waals surface area contributed by atoms with Crippen molar-refractivity contribution in [1.29, 1.82) is 5.26 Å². The van der Waals surface area contributed by atoms with Gasteiger partial charge in [0.2, 0.25) is 11.8 Å². The van der Waals surface area contributed by atoms with Gasteiger partial charge in [-0.25, -0.2) is 0 Å². The molecule has 1 aliphatic rings. The molecular formula is C18H23N3O2. The molecule has 1 N–H and O–H groups in total. The van der Waals surface area contributed by atoms with Crippen molar-refractivity contribution in [1.82, 2.24) is 5.32 Å². The third kappa shape index (κ3) is 4.32. The Morgan fingerprint density at radius 2 is 2.00 bits per heavy atom. The minimum Gasteiger partial charge on any atom is -0.340 e. The summed E-state index contributed by atoms with van der Waals surface area (Å²) in [5.41, 5.74) is 1.44. The standard InChI is InChI=1S/C18H23N3O2/c1-18(2,3)15(12-19)20-16(22)11-13-6-8-14(9-7-13)21-10-4-5-17(21)23/h6-9,15H,4-5,10-11H2,1-3H3,(H,20,22).